The maximum atomic E-state index is 13.0. The van der Waals surface area contributed by atoms with E-state index in [2.05, 4.69) is 45.3 Å². The van der Waals surface area contributed by atoms with Crippen molar-refractivity contribution in [3.05, 3.63) is 58.3 Å². The summed E-state index contributed by atoms with van der Waals surface area (Å²) in [6.07, 6.45) is 10.8. The first-order valence-electron chi connectivity index (χ1n) is 14.3. The summed E-state index contributed by atoms with van der Waals surface area (Å²) in [5.41, 5.74) is 15.0. The highest BCUT2D eigenvalue weighted by Gasteiger charge is 2.27. The van der Waals surface area contributed by atoms with Crippen LogP contribution < -0.4 is 22.5 Å². The molecule has 7 N–H and O–H groups in total. The van der Waals surface area contributed by atoms with E-state index in [1.807, 2.05) is 18.3 Å². The Labute approximate surface area is 234 Å². The molecule has 1 aromatic carbocycles. The number of fused-ring (bicyclic) bond motifs is 1. The summed E-state index contributed by atoms with van der Waals surface area (Å²) < 4.78 is 1.65. The number of thioether (sulfide) groups is 1. The number of benzene rings is 1. The second-order valence-corrected chi connectivity index (χ2v) is 12.3. The zero-order valence-electron chi connectivity index (χ0n) is 22.9. The van der Waals surface area contributed by atoms with Crippen molar-refractivity contribution in [1.29, 1.82) is 5.41 Å². The van der Waals surface area contributed by atoms with Crippen LogP contribution in [0, 0.1) is 5.41 Å². The molecule has 4 heterocycles. The number of nitrogens with one attached hydrogen (secondary N) is 3. The first-order valence-corrected chi connectivity index (χ1v) is 15.3. The minimum atomic E-state index is -0.275. The lowest BCUT2D eigenvalue weighted by Crippen LogP contribution is -2.37. The summed E-state index contributed by atoms with van der Waals surface area (Å²) in [4.78, 5) is 23.4. The van der Waals surface area contributed by atoms with E-state index in [0.29, 0.717) is 23.8 Å². The zero-order chi connectivity index (χ0) is 27.4. The molecular weight excluding hydrogens is 508 g/mol. The number of likely N-dealkylation sites (tertiary alicyclic amines) is 1. The van der Waals surface area contributed by atoms with E-state index in [0.717, 1.165) is 74.1 Å². The summed E-state index contributed by atoms with van der Waals surface area (Å²) in [6, 6.07) is 11.8. The molecule has 39 heavy (non-hydrogen) atoms. The Balaban J connectivity index is 1.28. The monoisotopic (exact) mass is 550 g/mol. The summed E-state index contributed by atoms with van der Waals surface area (Å²) in [7, 11) is 0. The number of hydrogen-bond donors (Lipinski definition) is 5. The molecule has 2 aliphatic heterocycles. The highest BCUT2D eigenvalue weighted by Crippen LogP contribution is 2.33. The average molecular weight is 551 g/mol. The van der Waals surface area contributed by atoms with Crippen molar-refractivity contribution in [3.8, 4) is 5.69 Å². The second kappa shape index (κ2) is 12.7. The van der Waals surface area contributed by atoms with Gasteiger partial charge in [-0.25, -0.2) is 4.79 Å². The van der Waals surface area contributed by atoms with Gasteiger partial charge in [-0.05, 0) is 88.7 Å². The van der Waals surface area contributed by atoms with E-state index in [-0.39, 0.29) is 16.9 Å². The predicted molar refractivity (Wildman–Crippen MR) is 161 cm³/mol. The molecule has 0 unspecified atom stereocenters. The minimum Gasteiger partial charge on any atom is -0.379 e. The average Bonchev–Trinajstić information content (AvgIpc) is 3.54. The lowest BCUT2D eigenvalue weighted by atomic mass is 9.92. The molecule has 2 aliphatic rings. The van der Waals surface area contributed by atoms with Gasteiger partial charge in [0.2, 0.25) is 0 Å². The highest BCUT2D eigenvalue weighted by molar-refractivity contribution is 8.13. The molecule has 10 heteroatoms. The molecule has 2 aromatic heterocycles. The van der Waals surface area contributed by atoms with E-state index in [4.69, 9.17) is 16.9 Å². The van der Waals surface area contributed by atoms with Gasteiger partial charge in [-0.1, -0.05) is 30.3 Å². The van der Waals surface area contributed by atoms with E-state index < -0.39 is 0 Å². The third-order valence-corrected chi connectivity index (χ3v) is 8.89. The van der Waals surface area contributed by atoms with Gasteiger partial charge < -0.3 is 21.8 Å². The molecule has 2 fully saturated rings. The normalized spacial score (nSPS) is 22.9. The number of hydrogen-bond acceptors (Lipinski definition) is 7. The summed E-state index contributed by atoms with van der Waals surface area (Å²) in [5.74, 6) is 0.865. The Kier molecular flexibility index (Phi) is 9.06. The third-order valence-electron chi connectivity index (χ3n) is 8.14. The first kappa shape index (κ1) is 27.9. The number of amidine groups is 1. The SMILES string of the molecule is C[C@H](N)CCCN1CCC[C@@H]1c1cc2cn(-c3ccc([C@@H]4CCC[C@@H](CCSC(=N)N)N4)cc3)c(=O)nc2[nH]1. The van der Waals surface area contributed by atoms with Crippen molar-refractivity contribution in [2.75, 3.05) is 18.8 Å². The van der Waals surface area contributed by atoms with E-state index in [1.54, 1.807) is 4.57 Å². The van der Waals surface area contributed by atoms with Gasteiger partial charge in [-0.15, -0.1) is 0 Å². The molecule has 4 atom stereocenters. The van der Waals surface area contributed by atoms with Crippen LogP contribution in [0.5, 0.6) is 0 Å². The van der Waals surface area contributed by atoms with Gasteiger partial charge in [-0.3, -0.25) is 14.9 Å². The lowest BCUT2D eigenvalue weighted by molar-refractivity contribution is 0.247. The van der Waals surface area contributed by atoms with Crippen LogP contribution in [0.3, 0.4) is 0 Å². The van der Waals surface area contributed by atoms with Gasteiger partial charge in [0.25, 0.3) is 0 Å². The van der Waals surface area contributed by atoms with Gasteiger partial charge in [0.15, 0.2) is 5.17 Å². The largest absolute Gasteiger partial charge is 0.379 e. The quantitative estimate of drug-likeness (QED) is 0.188. The summed E-state index contributed by atoms with van der Waals surface area (Å²) in [6.45, 7) is 4.21. The van der Waals surface area contributed by atoms with Crippen LogP contribution in [0.2, 0.25) is 0 Å². The fourth-order valence-electron chi connectivity index (χ4n) is 6.13. The van der Waals surface area contributed by atoms with Crippen molar-refractivity contribution in [3.63, 3.8) is 0 Å². The van der Waals surface area contributed by atoms with Gasteiger partial charge in [0.05, 0.1) is 5.69 Å². The topological polar surface area (TPSA) is 142 Å². The van der Waals surface area contributed by atoms with Crippen LogP contribution in [0.4, 0.5) is 0 Å². The van der Waals surface area contributed by atoms with Gasteiger partial charge in [0.1, 0.15) is 5.65 Å². The van der Waals surface area contributed by atoms with Crippen LogP contribution in [0.1, 0.15) is 81.6 Å². The Hall–Kier alpha value is -2.66. The zero-order valence-corrected chi connectivity index (χ0v) is 23.7. The minimum absolute atomic E-state index is 0.185. The standard InChI is InChI=1S/C29H42N8OS/c1-19(30)5-3-14-36-15-4-8-26(36)25-17-21-18-37(29(38)35-27(21)34-25)23-11-9-20(10-12-23)24-7-2-6-22(33-24)13-16-39-28(31)32/h9-12,17-19,22,24,26,33H,2-8,13-16,30H2,1H3,(H3,31,32)(H,34,35,38)/t19-,22-,24-,26+/m0/s1. The summed E-state index contributed by atoms with van der Waals surface area (Å²) >= 11 is 1.41. The van der Waals surface area contributed by atoms with E-state index >= 15 is 0 Å². The number of H-pyrrole nitrogens is 1. The molecule has 210 valence electrons. The second-order valence-electron chi connectivity index (χ2n) is 11.2. The van der Waals surface area contributed by atoms with E-state index in [9.17, 15) is 4.79 Å². The van der Waals surface area contributed by atoms with Gasteiger partial charge in [0, 0.05) is 47.2 Å². The highest BCUT2D eigenvalue weighted by atomic mass is 32.2. The van der Waals surface area contributed by atoms with Gasteiger partial charge in [-0.2, -0.15) is 4.98 Å². The fraction of sp³-hybridized carbons (Fsp3) is 0.552. The van der Waals surface area contributed by atoms with Crippen molar-refractivity contribution < 1.29 is 0 Å². The first-order chi connectivity index (χ1) is 18.9. The molecule has 5 rings (SSSR count). The molecule has 9 nitrogen and oxygen atoms in total. The van der Waals surface area contributed by atoms with Crippen molar-refractivity contribution in [2.24, 2.45) is 11.5 Å². The van der Waals surface area contributed by atoms with Crippen molar-refractivity contribution in [2.45, 2.75) is 82.5 Å². The van der Waals surface area contributed by atoms with E-state index in [1.165, 1.54) is 30.2 Å². The maximum absolute atomic E-state index is 13.0. The molecule has 0 aliphatic carbocycles. The lowest BCUT2D eigenvalue weighted by Gasteiger charge is -2.31. The Morgan fingerprint density at radius 2 is 2.05 bits per heavy atom. The van der Waals surface area contributed by atoms with Crippen molar-refractivity contribution in [1.82, 2.24) is 24.8 Å². The van der Waals surface area contributed by atoms with Crippen LogP contribution in [-0.2, 0) is 0 Å². The number of aromatic nitrogens is 3. The molecule has 0 radical (unpaired) electrons. The maximum Gasteiger partial charge on any atom is 0.354 e. The predicted octanol–water partition coefficient (Wildman–Crippen LogP) is 4.18. The molecule has 3 aromatic rings. The van der Waals surface area contributed by atoms with Crippen molar-refractivity contribution >= 4 is 28.0 Å². The number of piperidine rings is 1. The Morgan fingerprint density at radius 1 is 1.23 bits per heavy atom. The molecule has 0 spiro atoms. The Bertz CT molecular complexity index is 1320. The number of rotatable bonds is 10. The summed E-state index contributed by atoms with van der Waals surface area (Å²) in [5, 5.41) is 12.3. The molecule has 0 bridgehead atoms. The number of nitrogens with two attached hydrogens (primary N) is 2. The third kappa shape index (κ3) is 6.92. The number of aromatic amines is 1. The van der Waals surface area contributed by atoms with Crippen LogP contribution in [0.25, 0.3) is 16.7 Å². The van der Waals surface area contributed by atoms with Gasteiger partial charge >= 0.3 is 5.69 Å². The molecule has 2 saturated heterocycles. The molecule has 0 saturated carbocycles. The smallest absolute Gasteiger partial charge is 0.354 e. The van der Waals surface area contributed by atoms with Crippen LogP contribution >= 0.6 is 11.8 Å². The molecular formula is C29H42N8OS. The number of nitrogens with zero attached hydrogens (tertiary/aromatic N) is 3. The fourth-order valence-corrected chi connectivity index (χ4v) is 6.75. The van der Waals surface area contributed by atoms with Crippen LogP contribution in [-0.4, -0.2) is 55.5 Å². The Morgan fingerprint density at radius 3 is 2.82 bits per heavy atom. The van der Waals surface area contributed by atoms with Crippen LogP contribution in [0.15, 0.2) is 41.3 Å². The molecule has 0 amide bonds.